The molecule has 0 radical (unpaired) electrons. The van der Waals surface area contributed by atoms with Crippen LogP contribution in [0.3, 0.4) is 0 Å². The summed E-state index contributed by atoms with van der Waals surface area (Å²) in [4.78, 5) is 18.5. The molecule has 2 bridgehead atoms. The smallest absolute Gasteiger partial charge is 0.228 e. The van der Waals surface area contributed by atoms with Gasteiger partial charge in [0.25, 0.3) is 0 Å². The zero-order valence-corrected chi connectivity index (χ0v) is 11.5. The minimum absolute atomic E-state index is 0.283. The second kappa shape index (κ2) is 4.21. The van der Waals surface area contributed by atoms with Crippen molar-refractivity contribution in [2.75, 3.05) is 6.54 Å². The van der Waals surface area contributed by atoms with Gasteiger partial charge in [-0.1, -0.05) is 0 Å². The number of rotatable bonds is 2. The summed E-state index contributed by atoms with van der Waals surface area (Å²) in [6.07, 6.45) is 4.27. The fraction of sp³-hybridized carbons (Fsp3) is 0.667. The average Bonchev–Trinajstić information content (AvgIpc) is 2.94. The number of H-pyrrole nitrogens is 1. The fourth-order valence-electron chi connectivity index (χ4n) is 3.07. The second-order valence-corrected chi connectivity index (χ2v) is 6.89. The van der Waals surface area contributed by atoms with Crippen molar-refractivity contribution in [2.24, 2.45) is 5.92 Å². The molecule has 2 unspecified atom stereocenters. The molecule has 17 heavy (non-hydrogen) atoms. The van der Waals surface area contributed by atoms with Crippen LogP contribution in [0.2, 0.25) is 0 Å². The summed E-state index contributed by atoms with van der Waals surface area (Å²) in [7, 11) is 0. The third-order valence-corrected chi connectivity index (χ3v) is 5.30. The van der Waals surface area contributed by atoms with E-state index in [1.807, 2.05) is 6.92 Å². The van der Waals surface area contributed by atoms with E-state index in [2.05, 4.69) is 9.88 Å². The van der Waals surface area contributed by atoms with Crippen molar-refractivity contribution in [2.45, 2.75) is 38.6 Å². The van der Waals surface area contributed by atoms with Crippen LogP contribution in [-0.2, 0) is 11.2 Å². The van der Waals surface area contributed by atoms with Gasteiger partial charge in [-0.2, -0.15) is 0 Å². The van der Waals surface area contributed by atoms with Crippen molar-refractivity contribution >= 4 is 29.5 Å². The predicted octanol–water partition coefficient (Wildman–Crippen LogP) is 2.67. The Bertz CT molecular complexity index is 505. The largest absolute Gasteiger partial charge is 0.341 e. The lowest BCUT2D eigenvalue weighted by Gasteiger charge is -2.26. The Morgan fingerprint density at radius 3 is 2.94 bits per heavy atom. The molecule has 1 aliphatic heterocycles. The van der Waals surface area contributed by atoms with E-state index in [1.54, 1.807) is 0 Å². The molecule has 2 heterocycles. The number of aryl methyl sites for hydroxylation is 1. The summed E-state index contributed by atoms with van der Waals surface area (Å²) in [5.74, 6) is 1.06. The summed E-state index contributed by atoms with van der Waals surface area (Å²) >= 11 is 6.63. The number of nitrogens with zero attached hydrogens (tertiary/aromatic N) is 1. The Morgan fingerprint density at radius 1 is 1.59 bits per heavy atom. The third-order valence-electron chi connectivity index (χ3n) is 3.97. The number of aromatic nitrogens is 1. The van der Waals surface area contributed by atoms with Gasteiger partial charge >= 0.3 is 0 Å². The van der Waals surface area contributed by atoms with Crippen LogP contribution in [0.25, 0.3) is 0 Å². The van der Waals surface area contributed by atoms with Crippen molar-refractivity contribution in [1.29, 1.82) is 0 Å². The van der Waals surface area contributed by atoms with Gasteiger partial charge in [-0.15, -0.1) is 11.3 Å². The van der Waals surface area contributed by atoms with Gasteiger partial charge in [0, 0.05) is 23.2 Å². The number of amides is 1. The van der Waals surface area contributed by atoms with Gasteiger partial charge in [-0.25, -0.2) is 0 Å². The van der Waals surface area contributed by atoms with Gasteiger partial charge in [-0.05, 0) is 44.3 Å². The first-order chi connectivity index (χ1) is 8.13. The van der Waals surface area contributed by atoms with E-state index in [4.69, 9.17) is 12.2 Å². The highest BCUT2D eigenvalue weighted by Crippen LogP contribution is 2.37. The van der Waals surface area contributed by atoms with Gasteiger partial charge in [0.1, 0.15) is 0 Å². The van der Waals surface area contributed by atoms with Gasteiger partial charge in [-0.3, -0.25) is 4.79 Å². The topological polar surface area (TPSA) is 36.1 Å². The number of carbonyl (C=O) groups excluding carboxylic acids is 1. The molecule has 3 nitrogen and oxygen atoms in total. The number of hydrogen-bond acceptors (Lipinski definition) is 3. The number of hydrogen-bond donors (Lipinski definition) is 1. The monoisotopic (exact) mass is 268 g/mol. The van der Waals surface area contributed by atoms with E-state index in [0.29, 0.717) is 12.5 Å². The minimum Gasteiger partial charge on any atom is -0.341 e. The number of nitrogens with one attached hydrogen (secondary N) is 1. The molecule has 5 heteroatoms. The summed E-state index contributed by atoms with van der Waals surface area (Å²) < 4.78 is 0.772. The van der Waals surface area contributed by atoms with Crippen LogP contribution >= 0.6 is 23.6 Å². The van der Waals surface area contributed by atoms with Crippen molar-refractivity contribution < 1.29 is 4.79 Å². The highest BCUT2D eigenvalue weighted by Gasteiger charge is 2.40. The van der Waals surface area contributed by atoms with Crippen LogP contribution in [0, 0.1) is 16.8 Å². The predicted molar refractivity (Wildman–Crippen MR) is 70.8 cm³/mol. The van der Waals surface area contributed by atoms with E-state index in [1.165, 1.54) is 30.6 Å². The van der Waals surface area contributed by atoms with Crippen LogP contribution in [0.15, 0.2) is 0 Å². The zero-order chi connectivity index (χ0) is 12.0. The SMILES string of the molecule is Cc1[nH]c(=S)sc1CC(=O)N1CC2CCC1C2. The van der Waals surface area contributed by atoms with Gasteiger partial charge in [0.15, 0.2) is 3.95 Å². The Hall–Kier alpha value is -0.680. The van der Waals surface area contributed by atoms with Crippen LogP contribution in [-0.4, -0.2) is 28.4 Å². The maximum Gasteiger partial charge on any atom is 0.228 e. The summed E-state index contributed by atoms with van der Waals surface area (Å²) in [6.45, 7) is 2.98. The molecule has 2 aliphatic rings. The first-order valence-electron chi connectivity index (χ1n) is 6.11. The quantitative estimate of drug-likeness (QED) is 0.837. The van der Waals surface area contributed by atoms with Crippen LogP contribution in [0.5, 0.6) is 0 Å². The second-order valence-electron chi connectivity index (χ2n) is 5.12. The molecule has 2 atom stereocenters. The standard InChI is InChI=1S/C12H16N2OS2/c1-7-10(17-12(16)13-7)5-11(15)14-6-8-2-3-9(14)4-8/h8-9H,2-6H2,1H3,(H,13,16). The van der Waals surface area contributed by atoms with Crippen LogP contribution in [0.1, 0.15) is 29.8 Å². The lowest BCUT2D eigenvalue weighted by Crippen LogP contribution is -2.38. The zero-order valence-electron chi connectivity index (χ0n) is 9.86. The van der Waals surface area contributed by atoms with Crippen molar-refractivity contribution in [3.05, 3.63) is 14.5 Å². The Labute approximate surface area is 110 Å². The number of aromatic amines is 1. The molecule has 1 N–H and O–H groups in total. The lowest BCUT2D eigenvalue weighted by atomic mass is 10.1. The fourth-order valence-corrected chi connectivity index (χ4v) is 4.36. The molecule has 0 spiro atoms. The van der Waals surface area contributed by atoms with E-state index >= 15 is 0 Å². The number of carbonyl (C=O) groups is 1. The highest BCUT2D eigenvalue weighted by molar-refractivity contribution is 7.73. The van der Waals surface area contributed by atoms with E-state index in [-0.39, 0.29) is 5.91 Å². The van der Waals surface area contributed by atoms with Crippen LogP contribution in [0.4, 0.5) is 0 Å². The van der Waals surface area contributed by atoms with Gasteiger partial charge in [0.2, 0.25) is 5.91 Å². The van der Waals surface area contributed by atoms with Gasteiger partial charge < -0.3 is 9.88 Å². The third kappa shape index (κ3) is 2.06. The molecule has 1 saturated heterocycles. The molecule has 1 saturated carbocycles. The first-order valence-corrected chi connectivity index (χ1v) is 7.34. The van der Waals surface area contributed by atoms with Gasteiger partial charge in [0.05, 0.1) is 6.42 Å². The maximum atomic E-state index is 12.3. The summed E-state index contributed by atoms with van der Waals surface area (Å²) in [5.41, 5.74) is 1.05. The number of piperidine rings is 1. The molecule has 3 rings (SSSR count). The normalized spacial score (nSPS) is 26.8. The molecule has 1 aromatic heterocycles. The van der Waals surface area contributed by atoms with Crippen molar-refractivity contribution in [1.82, 2.24) is 9.88 Å². The van der Waals surface area contributed by atoms with E-state index in [9.17, 15) is 4.79 Å². The van der Waals surface area contributed by atoms with Crippen molar-refractivity contribution in [3.8, 4) is 0 Å². The Morgan fingerprint density at radius 2 is 2.41 bits per heavy atom. The van der Waals surface area contributed by atoms with Crippen LogP contribution < -0.4 is 0 Å². The molecule has 92 valence electrons. The number of likely N-dealkylation sites (tertiary alicyclic amines) is 1. The molecule has 2 fully saturated rings. The molecule has 1 amide bonds. The Kier molecular flexibility index (Phi) is 2.83. The summed E-state index contributed by atoms with van der Waals surface area (Å²) in [6, 6.07) is 0.528. The number of thiazole rings is 1. The van der Waals surface area contributed by atoms with E-state index in [0.717, 1.165) is 27.0 Å². The van der Waals surface area contributed by atoms with Crippen molar-refractivity contribution in [3.63, 3.8) is 0 Å². The summed E-state index contributed by atoms with van der Waals surface area (Å²) in [5, 5.41) is 0. The molecular formula is C12H16N2OS2. The maximum absolute atomic E-state index is 12.3. The Balaban J connectivity index is 1.72. The lowest BCUT2D eigenvalue weighted by molar-refractivity contribution is -0.132. The molecule has 0 aromatic carbocycles. The first kappa shape index (κ1) is 11.4. The van der Waals surface area contributed by atoms with E-state index < -0.39 is 0 Å². The minimum atomic E-state index is 0.283. The molecule has 1 aromatic rings. The molecule has 1 aliphatic carbocycles. The average molecular weight is 268 g/mol. The molecular weight excluding hydrogens is 252 g/mol. The highest BCUT2D eigenvalue weighted by atomic mass is 32.1. The number of fused-ring (bicyclic) bond motifs is 2.